The Balaban J connectivity index is 3.32. The molecule has 1 unspecified atom stereocenters. The molecule has 0 aliphatic heterocycles. The summed E-state index contributed by atoms with van der Waals surface area (Å²) in [5.41, 5.74) is 0. The van der Waals surface area contributed by atoms with Crippen LogP contribution in [0.1, 0.15) is 51.9 Å². The molecular weight excluding hydrogens is 236 g/mol. The summed E-state index contributed by atoms with van der Waals surface area (Å²) in [4.78, 5) is 0. The molecule has 0 aliphatic rings. The molecule has 0 heterocycles. The molecule has 0 saturated heterocycles. The van der Waals surface area contributed by atoms with Crippen LogP contribution in [0.5, 0.6) is 0 Å². The Morgan fingerprint density at radius 3 is 2.12 bits per heavy atom. The fraction of sp³-hybridized carbons (Fsp3) is 1.00. The normalized spacial score (nSPS) is 13.3. The third kappa shape index (κ3) is 9.69. The van der Waals surface area contributed by atoms with Crippen LogP contribution in [0, 0.1) is 0 Å². The van der Waals surface area contributed by atoms with Crippen LogP contribution < -0.4 is 0 Å². The second-order valence-corrected chi connectivity index (χ2v) is 7.35. The van der Waals surface area contributed by atoms with Crippen LogP contribution >= 0.6 is 12.6 Å². The molecule has 0 N–H and O–H groups in total. The second-order valence-electron chi connectivity index (χ2n) is 4.35. The van der Waals surface area contributed by atoms with Crippen LogP contribution in [0.25, 0.3) is 0 Å². The number of hydrogen-bond acceptors (Lipinski definition) is 3. The highest BCUT2D eigenvalue weighted by molar-refractivity contribution is 7.81. The van der Waals surface area contributed by atoms with E-state index in [0.29, 0.717) is 5.25 Å². The van der Waals surface area contributed by atoms with E-state index in [9.17, 15) is 0 Å². The van der Waals surface area contributed by atoms with Crippen LogP contribution in [0.3, 0.4) is 0 Å². The molecule has 0 saturated carbocycles. The lowest BCUT2D eigenvalue weighted by Crippen LogP contribution is -2.23. The van der Waals surface area contributed by atoms with Crippen molar-refractivity contribution in [1.82, 2.24) is 0 Å². The molecule has 1 atom stereocenters. The van der Waals surface area contributed by atoms with Gasteiger partial charge in [0.25, 0.3) is 0 Å². The molecule has 0 radical (unpaired) electrons. The van der Waals surface area contributed by atoms with Crippen molar-refractivity contribution in [3.63, 3.8) is 0 Å². The van der Waals surface area contributed by atoms with Crippen molar-refractivity contribution in [2.75, 3.05) is 14.2 Å². The third-order valence-electron chi connectivity index (χ3n) is 2.88. The molecular formula is C12H28O2SSi. The van der Waals surface area contributed by atoms with Crippen molar-refractivity contribution in [2.24, 2.45) is 0 Å². The van der Waals surface area contributed by atoms with Gasteiger partial charge in [-0.3, -0.25) is 0 Å². The summed E-state index contributed by atoms with van der Waals surface area (Å²) in [5.74, 6) is 0. The maximum absolute atomic E-state index is 5.30. The van der Waals surface area contributed by atoms with Gasteiger partial charge in [-0.1, -0.05) is 45.4 Å². The largest absolute Gasteiger partial charge is 0.400 e. The maximum Gasteiger partial charge on any atom is 0.321 e. The highest BCUT2D eigenvalue weighted by atomic mass is 32.1. The van der Waals surface area contributed by atoms with Gasteiger partial charge in [0.2, 0.25) is 0 Å². The molecule has 98 valence electrons. The Kier molecular flexibility index (Phi) is 12.3. The van der Waals surface area contributed by atoms with Gasteiger partial charge in [-0.15, -0.1) is 0 Å². The molecule has 16 heavy (non-hydrogen) atoms. The van der Waals surface area contributed by atoms with Crippen LogP contribution in [0.15, 0.2) is 0 Å². The number of thiol groups is 1. The van der Waals surface area contributed by atoms with E-state index in [0.717, 1.165) is 6.04 Å². The monoisotopic (exact) mass is 264 g/mol. The van der Waals surface area contributed by atoms with Crippen molar-refractivity contribution >= 4 is 21.9 Å². The van der Waals surface area contributed by atoms with E-state index in [1.54, 1.807) is 14.2 Å². The molecule has 0 rings (SSSR count). The van der Waals surface area contributed by atoms with Crippen molar-refractivity contribution in [3.8, 4) is 0 Å². The predicted molar refractivity (Wildman–Crippen MR) is 76.7 cm³/mol. The smallest absolute Gasteiger partial charge is 0.321 e. The summed E-state index contributed by atoms with van der Waals surface area (Å²) >= 11 is 4.60. The molecule has 0 spiro atoms. The lowest BCUT2D eigenvalue weighted by Gasteiger charge is -2.15. The summed E-state index contributed by atoms with van der Waals surface area (Å²) < 4.78 is 10.6. The average molecular weight is 265 g/mol. The van der Waals surface area contributed by atoms with E-state index in [-0.39, 0.29) is 0 Å². The quantitative estimate of drug-likeness (QED) is 0.349. The Labute approximate surface area is 108 Å². The minimum Gasteiger partial charge on any atom is -0.400 e. The molecule has 0 aromatic heterocycles. The summed E-state index contributed by atoms with van der Waals surface area (Å²) in [7, 11) is 2.09. The van der Waals surface area contributed by atoms with E-state index in [1.165, 1.54) is 44.9 Å². The summed E-state index contributed by atoms with van der Waals surface area (Å²) in [6, 6.07) is 1.02. The summed E-state index contributed by atoms with van der Waals surface area (Å²) in [6.07, 6.45) is 9.32. The van der Waals surface area contributed by atoms with Crippen LogP contribution in [-0.2, 0) is 8.85 Å². The van der Waals surface area contributed by atoms with Gasteiger partial charge in [0, 0.05) is 19.5 Å². The minimum absolute atomic E-state index is 0.461. The lowest BCUT2D eigenvalue weighted by atomic mass is 10.1. The van der Waals surface area contributed by atoms with Gasteiger partial charge in [0.05, 0.1) is 0 Å². The first-order valence-corrected chi connectivity index (χ1v) is 8.75. The van der Waals surface area contributed by atoms with E-state index in [1.807, 2.05) is 0 Å². The van der Waals surface area contributed by atoms with Gasteiger partial charge >= 0.3 is 9.28 Å². The average Bonchev–Trinajstić information content (AvgIpc) is 2.30. The SMILES string of the molecule is CCCCCCCCC(S)C[SiH](OC)OC. The van der Waals surface area contributed by atoms with E-state index >= 15 is 0 Å². The van der Waals surface area contributed by atoms with Crippen LogP contribution in [0.4, 0.5) is 0 Å². The zero-order valence-corrected chi connectivity index (χ0v) is 13.1. The molecule has 0 amide bonds. The van der Waals surface area contributed by atoms with Gasteiger partial charge in [0.1, 0.15) is 0 Å². The zero-order chi connectivity index (χ0) is 12.2. The second kappa shape index (κ2) is 12.0. The first-order chi connectivity index (χ1) is 7.74. The highest BCUT2D eigenvalue weighted by Crippen LogP contribution is 2.16. The zero-order valence-electron chi connectivity index (χ0n) is 11.1. The Morgan fingerprint density at radius 2 is 1.56 bits per heavy atom. The highest BCUT2D eigenvalue weighted by Gasteiger charge is 2.14. The fourth-order valence-electron chi connectivity index (χ4n) is 1.79. The minimum atomic E-state index is -1.40. The molecule has 2 nitrogen and oxygen atoms in total. The molecule has 0 fully saturated rings. The first-order valence-electron chi connectivity index (χ1n) is 6.48. The maximum atomic E-state index is 5.30. The summed E-state index contributed by atoms with van der Waals surface area (Å²) in [6.45, 7) is 2.25. The van der Waals surface area contributed by atoms with Gasteiger partial charge in [-0.25, -0.2) is 0 Å². The fourth-order valence-corrected chi connectivity index (χ4v) is 3.75. The molecule has 4 heteroatoms. The Bertz CT molecular complexity index is 143. The van der Waals surface area contributed by atoms with E-state index in [4.69, 9.17) is 8.85 Å². The molecule has 0 aromatic carbocycles. The van der Waals surface area contributed by atoms with E-state index in [2.05, 4.69) is 19.6 Å². The van der Waals surface area contributed by atoms with Crippen LogP contribution in [-0.4, -0.2) is 28.8 Å². The Morgan fingerprint density at radius 1 is 1.00 bits per heavy atom. The van der Waals surface area contributed by atoms with Crippen molar-refractivity contribution < 1.29 is 8.85 Å². The third-order valence-corrected chi connectivity index (χ3v) is 5.75. The Hall–Kier alpha value is 0.487. The number of unbranched alkanes of at least 4 members (excludes halogenated alkanes) is 5. The van der Waals surface area contributed by atoms with Crippen molar-refractivity contribution in [2.45, 2.75) is 63.2 Å². The molecule has 0 aromatic rings. The number of rotatable bonds is 11. The predicted octanol–water partition coefficient (Wildman–Crippen LogP) is 3.55. The van der Waals surface area contributed by atoms with Gasteiger partial charge in [0.15, 0.2) is 0 Å². The van der Waals surface area contributed by atoms with Crippen molar-refractivity contribution in [3.05, 3.63) is 0 Å². The standard InChI is InChI=1S/C12H28O2SSi/c1-4-5-6-7-8-9-10-12(15)11-16(13-2)14-3/h12,15-16H,4-11H2,1-3H3. The summed E-state index contributed by atoms with van der Waals surface area (Å²) in [5, 5.41) is 0.461. The van der Waals surface area contributed by atoms with Gasteiger partial charge < -0.3 is 8.85 Å². The first kappa shape index (κ1) is 16.5. The van der Waals surface area contributed by atoms with Gasteiger partial charge in [-0.05, 0) is 12.5 Å². The topological polar surface area (TPSA) is 18.5 Å². The van der Waals surface area contributed by atoms with E-state index < -0.39 is 9.28 Å². The van der Waals surface area contributed by atoms with Crippen molar-refractivity contribution in [1.29, 1.82) is 0 Å². The lowest BCUT2D eigenvalue weighted by molar-refractivity contribution is 0.276. The van der Waals surface area contributed by atoms with Gasteiger partial charge in [-0.2, -0.15) is 12.6 Å². The molecule has 0 aliphatic carbocycles. The van der Waals surface area contributed by atoms with Crippen LogP contribution in [0.2, 0.25) is 6.04 Å². The number of hydrogen-bond donors (Lipinski definition) is 1. The molecule has 0 bridgehead atoms.